The van der Waals surface area contributed by atoms with Crippen LogP contribution in [0.5, 0.6) is 0 Å². The summed E-state index contributed by atoms with van der Waals surface area (Å²) >= 11 is 1.62. The van der Waals surface area contributed by atoms with Crippen LogP contribution in [0, 0.1) is 6.92 Å². The molecule has 0 spiro atoms. The Morgan fingerprint density at radius 3 is 2.68 bits per heavy atom. The molecule has 1 aromatic rings. The highest BCUT2D eigenvalue weighted by molar-refractivity contribution is 7.12. The van der Waals surface area contributed by atoms with E-state index in [0.717, 1.165) is 11.3 Å². The van der Waals surface area contributed by atoms with Gasteiger partial charge in [-0.25, -0.2) is 0 Å². The van der Waals surface area contributed by atoms with Crippen LogP contribution >= 0.6 is 11.3 Å². The molecule has 0 radical (unpaired) electrons. The number of rotatable bonds is 6. The van der Waals surface area contributed by atoms with Gasteiger partial charge in [0.05, 0.1) is 7.11 Å². The fourth-order valence-corrected chi connectivity index (χ4v) is 2.34. The zero-order valence-electron chi connectivity index (χ0n) is 11.5. The average Bonchev–Trinajstić information content (AvgIpc) is 2.81. The fourth-order valence-electron chi connectivity index (χ4n) is 1.56. The maximum Gasteiger partial charge on any atom is 0.325 e. The van der Waals surface area contributed by atoms with Gasteiger partial charge in [0, 0.05) is 22.4 Å². The van der Waals surface area contributed by atoms with E-state index in [0.29, 0.717) is 6.54 Å². The van der Waals surface area contributed by atoms with E-state index in [-0.39, 0.29) is 12.5 Å². The third-order valence-corrected chi connectivity index (χ3v) is 3.47. The van der Waals surface area contributed by atoms with Crippen molar-refractivity contribution in [1.82, 2.24) is 4.90 Å². The number of hydrogen-bond acceptors (Lipinski definition) is 4. The van der Waals surface area contributed by atoms with E-state index < -0.39 is 5.97 Å². The molecule has 5 heteroatoms. The van der Waals surface area contributed by atoms with Crippen LogP contribution in [-0.4, -0.2) is 37.0 Å². The Balaban J connectivity index is 2.65. The molecule has 0 aliphatic heterocycles. The summed E-state index contributed by atoms with van der Waals surface area (Å²) in [5, 5.41) is 0. The summed E-state index contributed by atoms with van der Waals surface area (Å²) in [5.41, 5.74) is 0. The Morgan fingerprint density at radius 2 is 2.16 bits per heavy atom. The van der Waals surface area contributed by atoms with Crippen LogP contribution in [-0.2, 0) is 14.3 Å². The molecule has 0 bridgehead atoms. The number of carbonyl (C=O) groups excluding carboxylic acids is 2. The molecule has 0 saturated heterocycles. The Morgan fingerprint density at radius 1 is 1.42 bits per heavy atom. The Bertz CT molecular complexity index is 465. The lowest BCUT2D eigenvalue weighted by Crippen LogP contribution is -2.35. The highest BCUT2D eigenvalue weighted by atomic mass is 32.1. The first-order chi connectivity index (χ1) is 9.06. The molecule has 4 nitrogen and oxygen atoms in total. The Hall–Kier alpha value is -1.62. The number of thiophene rings is 1. The molecule has 0 aromatic carbocycles. The van der Waals surface area contributed by atoms with E-state index in [2.05, 4.69) is 4.74 Å². The number of ether oxygens (including phenoxy) is 1. The molecule has 0 aliphatic carbocycles. The van der Waals surface area contributed by atoms with Crippen molar-refractivity contribution in [1.29, 1.82) is 0 Å². The lowest BCUT2D eigenvalue weighted by molar-refractivity contribution is -0.145. The molecular formula is C14H19NO3S. The van der Waals surface area contributed by atoms with Crippen molar-refractivity contribution in [2.75, 3.05) is 20.2 Å². The molecule has 1 rings (SSSR count). The first kappa shape index (κ1) is 15.4. The van der Waals surface area contributed by atoms with Crippen LogP contribution in [0.15, 0.2) is 18.2 Å². The molecule has 1 aromatic heterocycles. The van der Waals surface area contributed by atoms with Gasteiger partial charge in [-0.1, -0.05) is 6.92 Å². The third-order valence-electron chi connectivity index (χ3n) is 2.50. The van der Waals surface area contributed by atoms with Crippen LogP contribution in [0.25, 0.3) is 6.08 Å². The monoisotopic (exact) mass is 281 g/mol. The molecule has 0 unspecified atom stereocenters. The third kappa shape index (κ3) is 5.26. The molecule has 104 valence electrons. The summed E-state index contributed by atoms with van der Waals surface area (Å²) in [7, 11) is 1.32. The summed E-state index contributed by atoms with van der Waals surface area (Å²) in [6.07, 6.45) is 4.08. The zero-order valence-corrected chi connectivity index (χ0v) is 12.3. The maximum atomic E-state index is 12.0. The van der Waals surface area contributed by atoms with E-state index in [1.807, 2.05) is 26.0 Å². The average molecular weight is 281 g/mol. The van der Waals surface area contributed by atoms with Crippen LogP contribution in [0.3, 0.4) is 0 Å². The zero-order chi connectivity index (χ0) is 14.3. The quantitative estimate of drug-likeness (QED) is 0.594. The number of amides is 1. The maximum absolute atomic E-state index is 12.0. The summed E-state index contributed by atoms with van der Waals surface area (Å²) in [6, 6.07) is 3.97. The number of esters is 1. The lowest BCUT2D eigenvalue weighted by atomic mass is 10.3. The SMILES string of the molecule is CCCN(CC(=O)OC)C(=O)/C=C/c1ccc(C)s1. The second-order valence-corrected chi connectivity index (χ2v) is 5.44. The highest BCUT2D eigenvalue weighted by Gasteiger charge is 2.14. The summed E-state index contributed by atoms with van der Waals surface area (Å²) in [6.45, 7) is 4.52. The van der Waals surface area contributed by atoms with Gasteiger partial charge < -0.3 is 9.64 Å². The van der Waals surface area contributed by atoms with Gasteiger partial charge in [-0.2, -0.15) is 0 Å². The van der Waals surface area contributed by atoms with E-state index in [1.54, 1.807) is 17.4 Å². The van der Waals surface area contributed by atoms with E-state index >= 15 is 0 Å². The fraction of sp³-hybridized carbons (Fsp3) is 0.429. The van der Waals surface area contributed by atoms with Gasteiger partial charge in [0.15, 0.2) is 0 Å². The number of nitrogens with zero attached hydrogens (tertiary/aromatic N) is 1. The summed E-state index contributed by atoms with van der Waals surface area (Å²) < 4.78 is 4.59. The van der Waals surface area contributed by atoms with Crippen LogP contribution in [0.4, 0.5) is 0 Å². The van der Waals surface area contributed by atoms with Crippen molar-refractivity contribution in [2.24, 2.45) is 0 Å². The number of carbonyl (C=O) groups is 2. The van der Waals surface area contributed by atoms with Crippen molar-refractivity contribution in [2.45, 2.75) is 20.3 Å². The molecule has 0 aliphatic rings. The van der Waals surface area contributed by atoms with Gasteiger partial charge in [-0.3, -0.25) is 9.59 Å². The van der Waals surface area contributed by atoms with Gasteiger partial charge in [0.1, 0.15) is 6.54 Å². The van der Waals surface area contributed by atoms with Crippen molar-refractivity contribution >= 4 is 29.3 Å². The molecule has 0 atom stereocenters. The lowest BCUT2D eigenvalue weighted by Gasteiger charge is -2.18. The van der Waals surface area contributed by atoms with E-state index in [9.17, 15) is 9.59 Å². The van der Waals surface area contributed by atoms with Crippen molar-refractivity contribution in [3.05, 3.63) is 28.0 Å². The topological polar surface area (TPSA) is 46.6 Å². The largest absolute Gasteiger partial charge is 0.468 e. The van der Waals surface area contributed by atoms with Crippen LogP contribution < -0.4 is 0 Å². The van der Waals surface area contributed by atoms with Gasteiger partial charge in [0.2, 0.25) is 5.91 Å². The highest BCUT2D eigenvalue weighted by Crippen LogP contribution is 2.16. The van der Waals surface area contributed by atoms with Gasteiger partial charge in [-0.05, 0) is 31.6 Å². The van der Waals surface area contributed by atoms with Gasteiger partial charge in [-0.15, -0.1) is 11.3 Å². The second kappa shape index (κ2) is 7.74. The molecule has 19 heavy (non-hydrogen) atoms. The minimum atomic E-state index is -0.401. The van der Waals surface area contributed by atoms with Crippen molar-refractivity contribution in [3.8, 4) is 0 Å². The first-order valence-electron chi connectivity index (χ1n) is 6.17. The molecule has 0 saturated carbocycles. The van der Waals surface area contributed by atoms with Gasteiger partial charge >= 0.3 is 5.97 Å². The molecule has 0 fully saturated rings. The number of aryl methyl sites for hydroxylation is 1. The Labute approximate surface area is 117 Å². The Kier molecular flexibility index (Phi) is 6.29. The van der Waals surface area contributed by atoms with Gasteiger partial charge in [0.25, 0.3) is 0 Å². The molecule has 1 heterocycles. The summed E-state index contributed by atoms with van der Waals surface area (Å²) in [5.74, 6) is -0.569. The van der Waals surface area contributed by atoms with Crippen molar-refractivity contribution in [3.63, 3.8) is 0 Å². The van der Waals surface area contributed by atoms with E-state index in [1.165, 1.54) is 23.0 Å². The minimum absolute atomic E-state index is 0.00299. The number of hydrogen-bond donors (Lipinski definition) is 0. The number of methoxy groups -OCH3 is 1. The second-order valence-electron chi connectivity index (χ2n) is 4.12. The van der Waals surface area contributed by atoms with Crippen molar-refractivity contribution < 1.29 is 14.3 Å². The summed E-state index contributed by atoms with van der Waals surface area (Å²) in [4.78, 5) is 27.0. The van der Waals surface area contributed by atoms with Crippen LogP contribution in [0.1, 0.15) is 23.1 Å². The van der Waals surface area contributed by atoms with E-state index in [4.69, 9.17) is 0 Å². The molecule has 0 N–H and O–H groups in total. The minimum Gasteiger partial charge on any atom is -0.468 e. The predicted molar refractivity (Wildman–Crippen MR) is 77.0 cm³/mol. The van der Waals surface area contributed by atoms with Crippen LogP contribution in [0.2, 0.25) is 0 Å². The predicted octanol–water partition coefficient (Wildman–Crippen LogP) is 2.48. The normalized spacial score (nSPS) is 10.7. The first-order valence-corrected chi connectivity index (χ1v) is 6.98. The smallest absolute Gasteiger partial charge is 0.325 e. The molecule has 1 amide bonds. The molecular weight excluding hydrogens is 262 g/mol. The standard InChI is InChI=1S/C14H19NO3S/c1-4-9-15(10-14(17)18-3)13(16)8-7-12-6-5-11(2)19-12/h5-8H,4,9-10H2,1-3H3/b8-7+.